The number of benzene rings is 2. The molecule has 9 heteroatoms. The lowest BCUT2D eigenvalue weighted by Crippen LogP contribution is -2.13. The topological polar surface area (TPSA) is 93.5 Å². The second-order valence-corrected chi connectivity index (χ2v) is 5.57. The number of nitrogens with two attached hydrogens (primary N) is 2. The van der Waals surface area contributed by atoms with E-state index in [1.54, 1.807) is 0 Å². The molecule has 0 atom stereocenters. The average molecular weight is 383 g/mol. The third kappa shape index (κ3) is 5.25. The van der Waals surface area contributed by atoms with Gasteiger partial charge in [0.15, 0.2) is 0 Å². The predicted octanol–water partition coefficient (Wildman–Crippen LogP) is 4.06. The number of nitrogen functional groups attached to an aromatic ring is 1. The zero-order chi connectivity index (χ0) is 19.3. The van der Waals surface area contributed by atoms with Crippen molar-refractivity contribution in [2.75, 3.05) is 11.1 Å². The number of nitrogens with one attached hydrogen (secondary N) is 1. The zero-order valence-electron chi connectivity index (χ0n) is 13.2. The minimum Gasteiger partial charge on any atom is -0.398 e. The zero-order valence-corrected chi connectivity index (χ0v) is 14.0. The molecule has 0 bridgehead atoms. The maximum absolute atomic E-state index is 12.6. The fraction of sp³-hybridized carbons (Fsp3) is 0.0588. The average Bonchev–Trinajstić information content (AvgIpc) is 2.56. The van der Waals surface area contributed by atoms with E-state index in [1.807, 2.05) is 0 Å². The molecule has 0 spiro atoms. The third-order valence-corrected chi connectivity index (χ3v) is 3.41. The van der Waals surface area contributed by atoms with Gasteiger partial charge < -0.3 is 16.8 Å². The van der Waals surface area contributed by atoms with E-state index in [-0.39, 0.29) is 22.8 Å². The van der Waals surface area contributed by atoms with Crippen molar-refractivity contribution in [2.24, 2.45) is 10.7 Å². The summed E-state index contributed by atoms with van der Waals surface area (Å²) < 4.78 is 37.9. The van der Waals surface area contributed by atoms with Crippen molar-refractivity contribution < 1.29 is 18.0 Å². The molecule has 0 heterocycles. The van der Waals surface area contributed by atoms with E-state index in [1.165, 1.54) is 42.6 Å². The van der Waals surface area contributed by atoms with E-state index in [4.69, 9.17) is 23.1 Å². The lowest BCUT2D eigenvalue weighted by Gasteiger charge is -2.08. The minimum absolute atomic E-state index is 0.0969. The Morgan fingerprint density at radius 1 is 1.19 bits per heavy atom. The van der Waals surface area contributed by atoms with Crippen LogP contribution in [0.4, 0.5) is 24.5 Å². The van der Waals surface area contributed by atoms with Gasteiger partial charge in [-0.05, 0) is 42.5 Å². The molecule has 0 aliphatic rings. The Kier molecular flexibility index (Phi) is 5.89. The van der Waals surface area contributed by atoms with Crippen LogP contribution in [0, 0.1) is 0 Å². The lowest BCUT2D eigenvalue weighted by atomic mass is 10.2. The highest BCUT2D eigenvalue weighted by molar-refractivity contribution is 6.31. The fourth-order valence-corrected chi connectivity index (χ4v) is 2.11. The van der Waals surface area contributed by atoms with Gasteiger partial charge in [0.2, 0.25) is 0 Å². The van der Waals surface area contributed by atoms with Gasteiger partial charge >= 0.3 is 6.18 Å². The maximum atomic E-state index is 12.6. The van der Waals surface area contributed by atoms with Gasteiger partial charge in [-0.25, -0.2) is 0 Å². The summed E-state index contributed by atoms with van der Waals surface area (Å²) in [6.07, 6.45) is -1.94. The Bertz CT molecular complexity index is 879. The number of nitrogens with zero attached hydrogens (tertiary/aromatic N) is 1. The molecule has 136 valence electrons. The molecule has 2 rings (SSSR count). The van der Waals surface area contributed by atoms with Gasteiger partial charge in [0.25, 0.3) is 5.91 Å². The molecule has 1 amide bonds. The van der Waals surface area contributed by atoms with Crippen LogP contribution in [-0.4, -0.2) is 11.7 Å². The van der Waals surface area contributed by atoms with Gasteiger partial charge in [0.05, 0.1) is 11.1 Å². The first-order valence-electron chi connectivity index (χ1n) is 7.20. The highest BCUT2D eigenvalue weighted by Gasteiger charge is 2.30. The van der Waals surface area contributed by atoms with E-state index >= 15 is 0 Å². The molecule has 2 aromatic rings. The molecule has 0 fully saturated rings. The van der Waals surface area contributed by atoms with Crippen LogP contribution < -0.4 is 16.8 Å². The molecule has 0 saturated heterocycles. The van der Waals surface area contributed by atoms with Crippen LogP contribution in [0.25, 0.3) is 0 Å². The van der Waals surface area contributed by atoms with Crippen molar-refractivity contribution in [3.05, 3.63) is 70.9 Å². The lowest BCUT2D eigenvalue weighted by molar-refractivity contribution is -0.137. The molecule has 5 nitrogen and oxygen atoms in total. The van der Waals surface area contributed by atoms with Gasteiger partial charge in [0, 0.05) is 22.6 Å². The van der Waals surface area contributed by atoms with Gasteiger partial charge in [0.1, 0.15) is 5.84 Å². The number of aliphatic imine (C=N–C) groups is 1. The first-order valence-corrected chi connectivity index (χ1v) is 7.58. The van der Waals surface area contributed by atoms with Crippen LogP contribution in [0.15, 0.2) is 59.7 Å². The Hall–Kier alpha value is -3.00. The molecule has 5 N–H and O–H groups in total. The molecule has 0 saturated carbocycles. The summed E-state index contributed by atoms with van der Waals surface area (Å²) in [7, 11) is 0. The second-order valence-electron chi connectivity index (χ2n) is 5.13. The number of hydrogen-bond donors (Lipinski definition) is 3. The number of hydrogen-bond acceptors (Lipinski definition) is 3. The minimum atomic E-state index is -4.44. The number of carbonyl (C=O) groups excluding carboxylic acids is 1. The quantitative estimate of drug-likeness (QED) is 0.422. The number of amides is 1. The van der Waals surface area contributed by atoms with Crippen LogP contribution in [0.3, 0.4) is 0 Å². The number of anilines is 2. The highest BCUT2D eigenvalue weighted by atomic mass is 35.5. The summed E-state index contributed by atoms with van der Waals surface area (Å²) in [6.45, 7) is 0. The van der Waals surface area contributed by atoms with E-state index in [0.29, 0.717) is 5.02 Å². The highest BCUT2D eigenvalue weighted by Crippen LogP contribution is 2.30. The van der Waals surface area contributed by atoms with Crippen molar-refractivity contribution in [3.8, 4) is 0 Å². The second kappa shape index (κ2) is 7.92. The van der Waals surface area contributed by atoms with Crippen LogP contribution in [-0.2, 0) is 6.18 Å². The number of carbonyl (C=O) groups is 1. The summed E-state index contributed by atoms with van der Waals surface area (Å²) in [5.41, 5.74) is 11.0. The van der Waals surface area contributed by atoms with Crippen molar-refractivity contribution in [1.29, 1.82) is 0 Å². The normalized spacial score (nSPS) is 12.4. The van der Waals surface area contributed by atoms with Crippen LogP contribution in [0.2, 0.25) is 5.02 Å². The predicted molar refractivity (Wildman–Crippen MR) is 96.0 cm³/mol. The molecular formula is C17H14ClF3N4O. The monoisotopic (exact) mass is 382 g/mol. The van der Waals surface area contributed by atoms with Crippen LogP contribution in [0.5, 0.6) is 0 Å². The maximum Gasteiger partial charge on any atom is 0.416 e. The Labute approximate surface area is 152 Å². The first-order chi connectivity index (χ1) is 12.2. The van der Waals surface area contributed by atoms with Crippen molar-refractivity contribution in [2.45, 2.75) is 6.18 Å². The summed E-state index contributed by atoms with van der Waals surface area (Å²) in [6, 6.07) is 8.97. The Balaban J connectivity index is 2.07. The van der Waals surface area contributed by atoms with Crippen molar-refractivity contribution in [3.63, 3.8) is 0 Å². The summed E-state index contributed by atoms with van der Waals surface area (Å²) in [5, 5.41) is 2.94. The summed E-state index contributed by atoms with van der Waals surface area (Å²) >= 11 is 5.80. The molecule has 2 aromatic carbocycles. The van der Waals surface area contributed by atoms with Crippen LogP contribution >= 0.6 is 11.6 Å². The van der Waals surface area contributed by atoms with E-state index in [0.717, 1.165) is 12.1 Å². The SMILES string of the molecule is NC(/C=C\Nc1cccc(C(F)(F)F)c1)=NC(=O)c1cc(Cl)ccc1N. The van der Waals surface area contributed by atoms with Gasteiger partial charge in [-0.2, -0.15) is 18.2 Å². The standard InChI is InChI=1S/C17H14ClF3N4O/c18-11-4-5-14(22)13(9-11)16(26)25-15(23)6-7-24-12-3-1-2-10(8-12)17(19,20)21/h1-9,24H,22H2,(H2,23,25,26)/b7-6-. The summed E-state index contributed by atoms with van der Waals surface area (Å²) in [4.78, 5) is 15.7. The molecule has 26 heavy (non-hydrogen) atoms. The Morgan fingerprint density at radius 2 is 1.92 bits per heavy atom. The number of rotatable bonds is 4. The molecule has 0 radical (unpaired) electrons. The number of alkyl halides is 3. The molecule has 0 aliphatic carbocycles. The van der Waals surface area contributed by atoms with E-state index < -0.39 is 17.6 Å². The smallest absolute Gasteiger partial charge is 0.398 e. The third-order valence-electron chi connectivity index (χ3n) is 3.17. The van der Waals surface area contributed by atoms with E-state index in [9.17, 15) is 18.0 Å². The van der Waals surface area contributed by atoms with Crippen molar-refractivity contribution >= 4 is 34.7 Å². The number of amidine groups is 1. The Morgan fingerprint density at radius 3 is 2.62 bits per heavy atom. The largest absolute Gasteiger partial charge is 0.416 e. The molecule has 0 unspecified atom stereocenters. The van der Waals surface area contributed by atoms with Crippen molar-refractivity contribution in [1.82, 2.24) is 0 Å². The summed E-state index contributed by atoms with van der Waals surface area (Å²) in [5.74, 6) is -0.847. The molecular weight excluding hydrogens is 369 g/mol. The number of halogens is 4. The first kappa shape index (κ1) is 19.3. The van der Waals surface area contributed by atoms with E-state index in [2.05, 4.69) is 10.3 Å². The van der Waals surface area contributed by atoms with Gasteiger partial charge in [-0.15, -0.1) is 0 Å². The van der Waals surface area contributed by atoms with Gasteiger partial charge in [-0.3, -0.25) is 4.79 Å². The molecule has 0 aromatic heterocycles. The fourth-order valence-electron chi connectivity index (χ4n) is 1.94. The van der Waals surface area contributed by atoms with Gasteiger partial charge in [-0.1, -0.05) is 17.7 Å². The van der Waals surface area contributed by atoms with Crippen LogP contribution in [0.1, 0.15) is 15.9 Å². The molecule has 0 aliphatic heterocycles.